The molecule has 2 heterocycles. The largest absolute Gasteiger partial charge is 0.273 e. The smallest absolute Gasteiger partial charge is 0.256 e. The highest BCUT2D eigenvalue weighted by Gasteiger charge is 2.31. The minimum atomic E-state index is -1.18. The van der Waals surface area contributed by atoms with Crippen molar-refractivity contribution in [2.75, 3.05) is 13.2 Å². The van der Waals surface area contributed by atoms with Crippen LogP contribution in [0.3, 0.4) is 0 Å². The van der Waals surface area contributed by atoms with Gasteiger partial charge in [-0.05, 0) is 0 Å². The fourth-order valence-electron chi connectivity index (χ4n) is 1.41. The molecule has 2 aliphatic heterocycles. The fraction of sp³-hybridized carbons (Fsp3) is 0.400. The van der Waals surface area contributed by atoms with Gasteiger partial charge in [-0.2, -0.15) is 0 Å². The number of carbonyl (C=O) groups excluding carboxylic acids is 4. The van der Waals surface area contributed by atoms with Gasteiger partial charge in [0.15, 0.2) is 0 Å². The summed E-state index contributed by atoms with van der Waals surface area (Å²) < 4.78 is 7.21. The summed E-state index contributed by atoms with van der Waals surface area (Å²) in [4.78, 5) is 54.8. The topological polar surface area (TPSA) is 93.2 Å². The van der Waals surface area contributed by atoms with E-state index in [1.807, 2.05) is 0 Å². The van der Waals surface area contributed by atoms with Crippen LogP contribution >= 0.6 is 0 Å². The highest BCUT2D eigenvalue weighted by Crippen LogP contribution is 2.12. The molecule has 0 saturated carbocycles. The maximum absolute atomic E-state index is 11.3. The normalized spacial score (nSPS) is 24.4. The third-order valence-electron chi connectivity index (χ3n) is 2.30. The van der Waals surface area contributed by atoms with Crippen LogP contribution in [0.5, 0.6) is 0 Å². The molecule has 18 heavy (non-hydrogen) atoms. The third-order valence-corrected chi connectivity index (χ3v) is 2.30. The quantitative estimate of drug-likeness (QED) is 0.269. The number of imide groups is 2. The predicted molar refractivity (Wildman–Crippen MR) is 54.0 cm³/mol. The van der Waals surface area contributed by atoms with Crippen LogP contribution in [-0.4, -0.2) is 46.7 Å². The van der Waals surface area contributed by atoms with Crippen molar-refractivity contribution >= 4 is 23.6 Å². The fourth-order valence-corrected chi connectivity index (χ4v) is 1.41. The molecule has 0 spiro atoms. The van der Waals surface area contributed by atoms with Crippen molar-refractivity contribution in [1.82, 2.24) is 9.96 Å². The van der Waals surface area contributed by atoms with Gasteiger partial charge in [-0.3, -0.25) is 24.1 Å². The van der Waals surface area contributed by atoms with Crippen molar-refractivity contribution in [2.24, 2.45) is 0 Å². The van der Waals surface area contributed by atoms with E-state index in [9.17, 15) is 19.2 Å². The Morgan fingerprint density at radius 3 is 2.39 bits per heavy atom. The van der Waals surface area contributed by atoms with Crippen LogP contribution in [-0.2, 0) is 29.1 Å². The van der Waals surface area contributed by atoms with E-state index in [-0.39, 0.29) is 19.6 Å². The summed E-state index contributed by atoms with van der Waals surface area (Å²) >= 11 is 0. The first-order valence-electron chi connectivity index (χ1n) is 5.70. The molecule has 0 aromatic carbocycles. The standard InChI is InChI=1S/C10H10N2O6/c13-7-1-2-8(14)11(7)5-6-17-18-12-9(15)3-4-10(12)16/h1-2H,3-6H2/i3T. The zero-order chi connectivity index (χ0) is 14.0. The first-order valence-corrected chi connectivity index (χ1v) is 5.13. The van der Waals surface area contributed by atoms with Crippen LogP contribution < -0.4 is 0 Å². The molecule has 2 rings (SSSR count). The van der Waals surface area contributed by atoms with Crippen molar-refractivity contribution in [3.63, 3.8) is 0 Å². The van der Waals surface area contributed by atoms with Crippen LogP contribution in [0.15, 0.2) is 12.2 Å². The number of hydroxylamine groups is 2. The zero-order valence-corrected chi connectivity index (χ0v) is 9.20. The van der Waals surface area contributed by atoms with Gasteiger partial charge in [0.1, 0.15) is 6.61 Å². The number of carbonyl (C=O) groups is 4. The van der Waals surface area contributed by atoms with E-state index >= 15 is 0 Å². The molecule has 8 heteroatoms. The van der Waals surface area contributed by atoms with Gasteiger partial charge >= 0.3 is 0 Å². The number of rotatable bonds is 5. The first-order chi connectivity index (χ1) is 9.00. The molecule has 96 valence electrons. The molecule has 0 N–H and O–H groups in total. The summed E-state index contributed by atoms with van der Waals surface area (Å²) in [7, 11) is 0. The van der Waals surface area contributed by atoms with Crippen LogP contribution in [0.25, 0.3) is 0 Å². The Balaban J connectivity index is 1.73. The van der Waals surface area contributed by atoms with Crippen molar-refractivity contribution in [2.45, 2.75) is 12.8 Å². The lowest BCUT2D eigenvalue weighted by Gasteiger charge is -2.15. The molecule has 1 atom stereocenters. The molecule has 0 radical (unpaired) electrons. The van der Waals surface area contributed by atoms with Crippen molar-refractivity contribution < 1.29 is 30.4 Å². The van der Waals surface area contributed by atoms with Gasteiger partial charge in [-0.1, -0.05) is 0 Å². The number of hydrogen-bond acceptors (Lipinski definition) is 6. The lowest BCUT2D eigenvalue weighted by molar-refractivity contribution is -0.393. The van der Waals surface area contributed by atoms with Crippen LogP contribution in [0.4, 0.5) is 0 Å². The number of hydrogen-bond donors (Lipinski definition) is 0. The van der Waals surface area contributed by atoms with E-state index in [0.717, 1.165) is 17.1 Å². The number of amides is 4. The zero-order valence-electron chi connectivity index (χ0n) is 10.2. The van der Waals surface area contributed by atoms with Crippen LogP contribution in [0.1, 0.15) is 14.2 Å². The lowest BCUT2D eigenvalue weighted by atomic mass is 10.4. The lowest BCUT2D eigenvalue weighted by Crippen LogP contribution is -2.35. The second kappa shape index (κ2) is 5.07. The Labute approximate surface area is 103 Å². The Morgan fingerprint density at radius 1 is 1.17 bits per heavy atom. The van der Waals surface area contributed by atoms with Crippen molar-refractivity contribution in [3.05, 3.63) is 12.2 Å². The Morgan fingerprint density at radius 2 is 1.83 bits per heavy atom. The van der Waals surface area contributed by atoms with Gasteiger partial charge in [0.2, 0.25) is 0 Å². The highest BCUT2D eigenvalue weighted by atomic mass is 17.3. The molecule has 0 aromatic rings. The average molecular weight is 256 g/mol. The van der Waals surface area contributed by atoms with Gasteiger partial charge in [0.25, 0.3) is 23.6 Å². The molecule has 8 nitrogen and oxygen atoms in total. The maximum Gasteiger partial charge on any atom is 0.256 e. The van der Waals surface area contributed by atoms with Crippen molar-refractivity contribution in [1.29, 1.82) is 0 Å². The highest BCUT2D eigenvalue weighted by molar-refractivity contribution is 6.12. The van der Waals surface area contributed by atoms with E-state index < -0.39 is 30.0 Å². The Hall–Kier alpha value is -2.06. The minimum Gasteiger partial charge on any atom is -0.273 e. The second-order valence-corrected chi connectivity index (χ2v) is 3.49. The first kappa shape index (κ1) is 11.1. The molecule has 4 amide bonds. The molecule has 0 aliphatic carbocycles. The van der Waals surface area contributed by atoms with Crippen molar-refractivity contribution in [3.8, 4) is 0 Å². The van der Waals surface area contributed by atoms with Gasteiger partial charge < -0.3 is 0 Å². The maximum atomic E-state index is 11.3. The monoisotopic (exact) mass is 256 g/mol. The number of nitrogens with zero attached hydrogens (tertiary/aromatic N) is 2. The summed E-state index contributed by atoms with van der Waals surface area (Å²) in [6.45, 7) is -0.260. The second-order valence-electron chi connectivity index (χ2n) is 3.49. The van der Waals surface area contributed by atoms with Gasteiger partial charge in [0.05, 0.1) is 6.54 Å². The van der Waals surface area contributed by atoms with Gasteiger partial charge in [-0.15, -0.1) is 10.1 Å². The average Bonchev–Trinajstić information content (AvgIpc) is 2.80. The van der Waals surface area contributed by atoms with E-state index in [4.69, 9.17) is 1.37 Å². The molecule has 1 fully saturated rings. The predicted octanol–water partition coefficient (Wildman–Crippen LogP) is -1.08. The van der Waals surface area contributed by atoms with Gasteiger partial charge in [0, 0.05) is 26.3 Å². The molecular formula is C10H10N2O6. The van der Waals surface area contributed by atoms with E-state index in [1.54, 1.807) is 0 Å². The van der Waals surface area contributed by atoms with Crippen LogP contribution in [0, 0.1) is 0 Å². The molecule has 2 aliphatic rings. The molecule has 1 saturated heterocycles. The molecule has 1 unspecified atom stereocenters. The Kier molecular flexibility index (Phi) is 3.11. The summed E-state index contributed by atoms with van der Waals surface area (Å²) in [6, 6.07) is 0. The molecule has 0 aromatic heterocycles. The van der Waals surface area contributed by atoms with E-state index in [0.29, 0.717) is 5.06 Å². The molecule has 0 bridgehead atoms. The molecular weight excluding hydrogens is 244 g/mol. The summed E-state index contributed by atoms with van der Waals surface area (Å²) in [5.74, 6) is -2.40. The summed E-state index contributed by atoms with van der Waals surface area (Å²) in [6.07, 6.45) is 0.819. The SMILES string of the molecule is [3H]C1CC(=O)N(OOCCN2C(=O)C=CC2=O)C1=O. The minimum absolute atomic E-state index is 0.0643. The third kappa shape index (κ3) is 2.44. The summed E-state index contributed by atoms with van der Waals surface area (Å²) in [5.41, 5.74) is 0. The van der Waals surface area contributed by atoms with Crippen LogP contribution in [0.2, 0.25) is 0 Å². The van der Waals surface area contributed by atoms with E-state index in [1.165, 1.54) is 0 Å². The van der Waals surface area contributed by atoms with E-state index in [2.05, 4.69) is 9.88 Å². The Bertz CT molecular complexity index is 459. The summed E-state index contributed by atoms with van der Waals surface area (Å²) in [5, 5.41) is 0.365. The van der Waals surface area contributed by atoms with Gasteiger partial charge in [-0.25, -0.2) is 4.89 Å².